The zero-order valence-corrected chi connectivity index (χ0v) is 8.10. The van der Waals surface area contributed by atoms with Gasteiger partial charge in [-0.1, -0.05) is 58.8 Å². The van der Waals surface area contributed by atoms with Gasteiger partial charge in [0.05, 0.1) is 0 Å². The van der Waals surface area contributed by atoms with Crippen LogP contribution in [0.1, 0.15) is 58.8 Å². The van der Waals surface area contributed by atoms with Crippen molar-refractivity contribution in [2.45, 2.75) is 58.8 Å². The molecule has 1 aliphatic carbocycles. The second kappa shape index (κ2) is 4.79. The van der Waals surface area contributed by atoms with Gasteiger partial charge in [0.15, 0.2) is 0 Å². The Morgan fingerprint density at radius 3 is 2.00 bits per heavy atom. The van der Waals surface area contributed by atoms with Crippen LogP contribution in [0, 0.1) is 11.8 Å². The summed E-state index contributed by atoms with van der Waals surface area (Å²) in [7, 11) is 0. The third kappa shape index (κ3) is 3.27. The molecule has 0 N–H and O–H groups in total. The average molecular weight is 154 g/mol. The third-order valence-electron chi connectivity index (χ3n) is 3.20. The first-order valence-electron chi connectivity index (χ1n) is 5.33. The van der Waals surface area contributed by atoms with Gasteiger partial charge in [0, 0.05) is 0 Å². The van der Waals surface area contributed by atoms with Gasteiger partial charge < -0.3 is 0 Å². The Morgan fingerprint density at radius 1 is 1.00 bits per heavy atom. The maximum atomic E-state index is 2.41. The summed E-state index contributed by atoms with van der Waals surface area (Å²) < 4.78 is 0. The molecule has 1 rings (SSSR count). The van der Waals surface area contributed by atoms with Crippen LogP contribution in [0.25, 0.3) is 0 Å². The van der Waals surface area contributed by atoms with Crippen molar-refractivity contribution in [2.75, 3.05) is 0 Å². The third-order valence-corrected chi connectivity index (χ3v) is 3.20. The molecule has 0 amide bonds. The van der Waals surface area contributed by atoms with Crippen molar-refractivity contribution in [3.63, 3.8) is 0 Å². The highest BCUT2D eigenvalue weighted by molar-refractivity contribution is 4.65. The highest BCUT2D eigenvalue weighted by Crippen LogP contribution is 2.27. The van der Waals surface area contributed by atoms with Crippen LogP contribution in [-0.4, -0.2) is 0 Å². The molecule has 0 saturated heterocycles. The van der Waals surface area contributed by atoms with Crippen molar-refractivity contribution in [3.8, 4) is 0 Å². The monoisotopic (exact) mass is 154 g/mol. The van der Waals surface area contributed by atoms with E-state index in [4.69, 9.17) is 0 Å². The zero-order chi connectivity index (χ0) is 8.10. The molecule has 1 saturated carbocycles. The van der Waals surface area contributed by atoms with E-state index >= 15 is 0 Å². The molecule has 0 radical (unpaired) electrons. The van der Waals surface area contributed by atoms with E-state index in [0.29, 0.717) is 0 Å². The van der Waals surface area contributed by atoms with Gasteiger partial charge >= 0.3 is 0 Å². The Bertz CT molecular complexity index is 86.2. The summed E-state index contributed by atoms with van der Waals surface area (Å²) in [6.45, 7) is 4.75. The summed E-state index contributed by atoms with van der Waals surface area (Å²) in [6, 6.07) is 0. The van der Waals surface area contributed by atoms with Gasteiger partial charge in [-0.2, -0.15) is 0 Å². The summed E-state index contributed by atoms with van der Waals surface area (Å²) in [4.78, 5) is 0. The molecule has 1 fully saturated rings. The molecular weight excluding hydrogens is 132 g/mol. The fourth-order valence-corrected chi connectivity index (χ4v) is 2.21. The summed E-state index contributed by atoms with van der Waals surface area (Å²) in [5.74, 6) is 2.07. The van der Waals surface area contributed by atoms with Crippen LogP contribution in [0.4, 0.5) is 0 Å². The second-order valence-electron chi connectivity index (χ2n) is 4.24. The minimum Gasteiger partial charge on any atom is -0.0651 e. The first kappa shape index (κ1) is 9.09. The topological polar surface area (TPSA) is 0 Å². The normalized spacial score (nSPS) is 34.4. The first-order valence-corrected chi connectivity index (χ1v) is 5.33. The molecule has 0 aromatic rings. The quantitative estimate of drug-likeness (QED) is 0.535. The maximum absolute atomic E-state index is 2.41. The summed E-state index contributed by atoms with van der Waals surface area (Å²) in [5, 5.41) is 0. The molecule has 11 heavy (non-hydrogen) atoms. The van der Waals surface area contributed by atoms with Crippen molar-refractivity contribution in [3.05, 3.63) is 0 Å². The van der Waals surface area contributed by atoms with Gasteiger partial charge in [0.1, 0.15) is 0 Å². The van der Waals surface area contributed by atoms with Crippen molar-refractivity contribution in [1.82, 2.24) is 0 Å². The molecule has 0 bridgehead atoms. The van der Waals surface area contributed by atoms with Gasteiger partial charge in [-0.3, -0.25) is 0 Å². The molecule has 0 heterocycles. The van der Waals surface area contributed by atoms with E-state index in [2.05, 4.69) is 13.8 Å². The van der Waals surface area contributed by atoms with Crippen LogP contribution in [0.3, 0.4) is 0 Å². The molecular formula is C11H22. The Morgan fingerprint density at radius 2 is 1.55 bits per heavy atom. The molecule has 0 nitrogen and oxygen atoms in total. The predicted molar refractivity (Wildman–Crippen MR) is 50.6 cm³/mol. The van der Waals surface area contributed by atoms with E-state index < -0.39 is 0 Å². The van der Waals surface area contributed by atoms with Crippen LogP contribution in [-0.2, 0) is 0 Å². The average Bonchev–Trinajstić information content (AvgIpc) is 1.96. The Balaban J connectivity index is 2.22. The molecule has 0 unspecified atom stereocenters. The molecule has 0 spiro atoms. The molecule has 1 aliphatic rings. The molecule has 0 aromatic carbocycles. The molecule has 0 aromatic heterocycles. The largest absolute Gasteiger partial charge is 0.0651 e. The molecule has 0 heteroatoms. The number of rotatable bonds is 1. The number of hydrogen-bond acceptors (Lipinski definition) is 0. The Kier molecular flexibility index (Phi) is 3.96. The smallest absolute Gasteiger partial charge is 0.0417 e. The summed E-state index contributed by atoms with van der Waals surface area (Å²) in [6.07, 6.45) is 10.3. The lowest BCUT2D eigenvalue weighted by atomic mass is 9.85. The van der Waals surface area contributed by atoms with Crippen LogP contribution in [0.15, 0.2) is 0 Å². The van der Waals surface area contributed by atoms with Crippen molar-refractivity contribution in [2.24, 2.45) is 11.8 Å². The molecule has 0 aliphatic heterocycles. The Hall–Kier alpha value is 0. The highest BCUT2D eigenvalue weighted by Gasteiger charge is 2.12. The fraction of sp³-hybridized carbons (Fsp3) is 1.00. The van der Waals surface area contributed by atoms with E-state index in [9.17, 15) is 0 Å². The van der Waals surface area contributed by atoms with Crippen LogP contribution in [0.5, 0.6) is 0 Å². The second-order valence-corrected chi connectivity index (χ2v) is 4.24. The van der Waals surface area contributed by atoms with Gasteiger partial charge in [-0.15, -0.1) is 0 Å². The van der Waals surface area contributed by atoms with Gasteiger partial charge in [0.2, 0.25) is 0 Å². The van der Waals surface area contributed by atoms with Gasteiger partial charge in [-0.05, 0) is 11.8 Å². The minimum atomic E-state index is 1.01. The zero-order valence-electron chi connectivity index (χ0n) is 8.10. The molecule has 66 valence electrons. The molecule has 0 atom stereocenters. The predicted octanol–water partition coefficient (Wildman–Crippen LogP) is 4.00. The summed E-state index contributed by atoms with van der Waals surface area (Å²) >= 11 is 0. The highest BCUT2D eigenvalue weighted by atomic mass is 14.2. The van der Waals surface area contributed by atoms with Gasteiger partial charge in [0.25, 0.3) is 0 Å². The van der Waals surface area contributed by atoms with Crippen molar-refractivity contribution < 1.29 is 0 Å². The SMILES string of the molecule is CCC1CCCC(C)CCC1. The van der Waals surface area contributed by atoms with E-state index in [1.54, 1.807) is 0 Å². The minimum absolute atomic E-state index is 1.01. The fourth-order valence-electron chi connectivity index (χ4n) is 2.21. The first-order chi connectivity index (χ1) is 5.33. The van der Waals surface area contributed by atoms with Crippen LogP contribution in [0.2, 0.25) is 0 Å². The Labute approximate surface area is 71.4 Å². The van der Waals surface area contributed by atoms with Gasteiger partial charge in [-0.25, -0.2) is 0 Å². The maximum Gasteiger partial charge on any atom is -0.0417 e. The van der Waals surface area contributed by atoms with Crippen LogP contribution < -0.4 is 0 Å². The lowest BCUT2D eigenvalue weighted by Gasteiger charge is -2.21. The van der Waals surface area contributed by atoms with Crippen molar-refractivity contribution in [1.29, 1.82) is 0 Å². The van der Waals surface area contributed by atoms with E-state index in [1.165, 1.54) is 44.9 Å². The van der Waals surface area contributed by atoms with Crippen molar-refractivity contribution >= 4 is 0 Å². The number of hydrogen-bond donors (Lipinski definition) is 0. The van der Waals surface area contributed by atoms with Crippen LogP contribution >= 0.6 is 0 Å². The summed E-state index contributed by atoms with van der Waals surface area (Å²) in [5.41, 5.74) is 0. The lowest BCUT2D eigenvalue weighted by Crippen LogP contribution is -2.06. The lowest BCUT2D eigenvalue weighted by molar-refractivity contribution is 0.324. The van der Waals surface area contributed by atoms with E-state index in [0.717, 1.165) is 11.8 Å². The van der Waals surface area contributed by atoms with E-state index in [1.807, 2.05) is 0 Å². The van der Waals surface area contributed by atoms with E-state index in [-0.39, 0.29) is 0 Å². The standard InChI is InChI=1S/C11H22/c1-3-11-8-4-6-10(2)7-5-9-11/h10-11H,3-9H2,1-2H3.